The second-order valence-electron chi connectivity index (χ2n) is 5.95. The molecule has 1 saturated heterocycles. The molecule has 0 aromatic heterocycles. The van der Waals surface area contributed by atoms with Crippen LogP contribution >= 0.6 is 0 Å². The van der Waals surface area contributed by atoms with Gasteiger partial charge in [0.15, 0.2) is 0 Å². The summed E-state index contributed by atoms with van der Waals surface area (Å²) in [6, 6.07) is 12.3. The summed E-state index contributed by atoms with van der Waals surface area (Å²) < 4.78 is 0. The van der Waals surface area contributed by atoms with Gasteiger partial charge in [-0.1, -0.05) is 37.3 Å². The molecule has 0 amide bonds. The summed E-state index contributed by atoms with van der Waals surface area (Å²) in [7, 11) is 0. The van der Waals surface area contributed by atoms with Crippen LogP contribution in [-0.2, 0) is 0 Å². The lowest BCUT2D eigenvalue weighted by molar-refractivity contribution is 0.290. The summed E-state index contributed by atoms with van der Waals surface area (Å²) in [5.74, 6) is 1.57. The van der Waals surface area contributed by atoms with Crippen molar-refractivity contribution >= 4 is 0 Å². The van der Waals surface area contributed by atoms with Crippen LogP contribution in [0.15, 0.2) is 30.3 Å². The van der Waals surface area contributed by atoms with Crippen molar-refractivity contribution in [1.82, 2.24) is 10.6 Å². The fourth-order valence-corrected chi connectivity index (χ4v) is 3.15. The molecule has 2 N–H and O–H groups in total. The highest BCUT2D eigenvalue weighted by Crippen LogP contribution is 2.40. The molecule has 0 spiro atoms. The molecule has 18 heavy (non-hydrogen) atoms. The second-order valence-corrected chi connectivity index (χ2v) is 5.95. The molecule has 0 radical (unpaired) electrons. The molecule has 2 nitrogen and oxygen atoms in total. The number of hydrogen-bond donors (Lipinski definition) is 2. The van der Waals surface area contributed by atoms with Gasteiger partial charge >= 0.3 is 0 Å². The SMILES string of the molecule is CC1CCCNC1CNC1CC1c1ccccc1. The highest BCUT2D eigenvalue weighted by Gasteiger charge is 2.38. The molecule has 2 fully saturated rings. The molecule has 1 aliphatic heterocycles. The van der Waals surface area contributed by atoms with Crippen LogP contribution in [0.4, 0.5) is 0 Å². The van der Waals surface area contributed by atoms with Crippen LogP contribution in [0.1, 0.15) is 37.7 Å². The van der Waals surface area contributed by atoms with E-state index in [2.05, 4.69) is 47.9 Å². The lowest BCUT2D eigenvalue weighted by Gasteiger charge is -2.30. The number of piperidine rings is 1. The number of hydrogen-bond acceptors (Lipinski definition) is 2. The summed E-state index contributed by atoms with van der Waals surface area (Å²) in [5, 5.41) is 7.39. The third-order valence-corrected chi connectivity index (χ3v) is 4.55. The highest BCUT2D eigenvalue weighted by molar-refractivity contribution is 5.27. The lowest BCUT2D eigenvalue weighted by Crippen LogP contribution is -2.47. The maximum Gasteiger partial charge on any atom is 0.0218 e. The van der Waals surface area contributed by atoms with Gasteiger partial charge in [-0.05, 0) is 37.3 Å². The smallest absolute Gasteiger partial charge is 0.0218 e. The van der Waals surface area contributed by atoms with E-state index in [4.69, 9.17) is 0 Å². The maximum atomic E-state index is 3.74. The molecule has 1 aliphatic carbocycles. The number of nitrogens with one attached hydrogen (secondary N) is 2. The first kappa shape index (κ1) is 12.2. The average Bonchev–Trinajstić information content (AvgIpc) is 3.18. The van der Waals surface area contributed by atoms with Crippen LogP contribution in [0.2, 0.25) is 0 Å². The Balaban J connectivity index is 1.46. The van der Waals surface area contributed by atoms with E-state index in [-0.39, 0.29) is 0 Å². The van der Waals surface area contributed by atoms with E-state index in [0.29, 0.717) is 12.1 Å². The van der Waals surface area contributed by atoms with E-state index >= 15 is 0 Å². The van der Waals surface area contributed by atoms with E-state index in [0.717, 1.165) is 18.4 Å². The minimum Gasteiger partial charge on any atom is -0.312 e. The first-order valence-electron chi connectivity index (χ1n) is 7.36. The third-order valence-electron chi connectivity index (χ3n) is 4.55. The summed E-state index contributed by atoms with van der Waals surface area (Å²) in [6.07, 6.45) is 4.03. The Hall–Kier alpha value is -0.860. The standard InChI is InChI=1S/C16H24N2/c1-12-6-5-9-17-16(12)11-18-15-10-14(15)13-7-3-2-4-8-13/h2-4,7-8,12,14-18H,5-6,9-11H2,1H3. The van der Waals surface area contributed by atoms with Gasteiger partial charge in [-0.25, -0.2) is 0 Å². The van der Waals surface area contributed by atoms with Crippen molar-refractivity contribution < 1.29 is 0 Å². The van der Waals surface area contributed by atoms with Crippen LogP contribution in [0, 0.1) is 5.92 Å². The average molecular weight is 244 g/mol. The Morgan fingerprint density at radius 2 is 2.11 bits per heavy atom. The molecule has 4 unspecified atom stereocenters. The fraction of sp³-hybridized carbons (Fsp3) is 0.625. The summed E-state index contributed by atoms with van der Waals surface area (Å²) in [5.41, 5.74) is 1.50. The van der Waals surface area contributed by atoms with Crippen molar-refractivity contribution in [2.24, 2.45) is 5.92 Å². The van der Waals surface area contributed by atoms with Crippen molar-refractivity contribution in [2.75, 3.05) is 13.1 Å². The largest absolute Gasteiger partial charge is 0.312 e. The van der Waals surface area contributed by atoms with Gasteiger partial charge in [0, 0.05) is 24.5 Å². The van der Waals surface area contributed by atoms with Crippen LogP contribution in [0.5, 0.6) is 0 Å². The van der Waals surface area contributed by atoms with Crippen molar-refractivity contribution in [3.05, 3.63) is 35.9 Å². The predicted molar refractivity (Wildman–Crippen MR) is 75.8 cm³/mol. The van der Waals surface area contributed by atoms with E-state index in [1.165, 1.54) is 31.4 Å². The van der Waals surface area contributed by atoms with Crippen molar-refractivity contribution in [2.45, 2.75) is 44.2 Å². The maximum absolute atomic E-state index is 3.74. The molecule has 1 aromatic rings. The van der Waals surface area contributed by atoms with Crippen LogP contribution in [0.3, 0.4) is 0 Å². The van der Waals surface area contributed by atoms with Gasteiger partial charge in [0.05, 0.1) is 0 Å². The molecule has 2 heteroatoms. The third kappa shape index (κ3) is 2.76. The molecule has 2 aliphatic rings. The molecule has 0 bridgehead atoms. The molecule has 3 rings (SSSR count). The quantitative estimate of drug-likeness (QED) is 0.850. The van der Waals surface area contributed by atoms with Gasteiger partial charge in [0.25, 0.3) is 0 Å². The molecule has 1 heterocycles. The van der Waals surface area contributed by atoms with Gasteiger partial charge in [0.1, 0.15) is 0 Å². The normalized spacial score (nSPS) is 35.4. The molecule has 1 saturated carbocycles. The lowest BCUT2D eigenvalue weighted by atomic mass is 9.93. The van der Waals surface area contributed by atoms with E-state index in [9.17, 15) is 0 Å². The van der Waals surface area contributed by atoms with E-state index in [1.54, 1.807) is 0 Å². The monoisotopic (exact) mass is 244 g/mol. The summed E-state index contributed by atoms with van der Waals surface area (Å²) >= 11 is 0. The summed E-state index contributed by atoms with van der Waals surface area (Å²) in [4.78, 5) is 0. The van der Waals surface area contributed by atoms with Crippen LogP contribution in [0.25, 0.3) is 0 Å². The zero-order valence-electron chi connectivity index (χ0n) is 11.2. The van der Waals surface area contributed by atoms with E-state index in [1.807, 2.05) is 0 Å². The van der Waals surface area contributed by atoms with Crippen molar-refractivity contribution in [1.29, 1.82) is 0 Å². The topological polar surface area (TPSA) is 24.1 Å². The van der Waals surface area contributed by atoms with Crippen LogP contribution < -0.4 is 10.6 Å². The zero-order valence-corrected chi connectivity index (χ0v) is 11.2. The van der Waals surface area contributed by atoms with Crippen molar-refractivity contribution in [3.63, 3.8) is 0 Å². The number of rotatable bonds is 4. The highest BCUT2D eigenvalue weighted by atomic mass is 15.0. The van der Waals surface area contributed by atoms with E-state index < -0.39 is 0 Å². The first-order chi connectivity index (χ1) is 8.84. The fourth-order valence-electron chi connectivity index (χ4n) is 3.15. The zero-order chi connectivity index (χ0) is 12.4. The number of benzene rings is 1. The Bertz CT molecular complexity index is 376. The first-order valence-corrected chi connectivity index (χ1v) is 7.36. The Morgan fingerprint density at radius 1 is 1.28 bits per heavy atom. The second kappa shape index (κ2) is 5.41. The predicted octanol–water partition coefficient (Wildman–Crippen LogP) is 2.52. The minimum atomic E-state index is 0.677. The van der Waals surface area contributed by atoms with Gasteiger partial charge in [-0.15, -0.1) is 0 Å². The Morgan fingerprint density at radius 3 is 2.89 bits per heavy atom. The summed E-state index contributed by atoms with van der Waals surface area (Å²) in [6.45, 7) is 4.71. The molecular weight excluding hydrogens is 220 g/mol. The van der Waals surface area contributed by atoms with Gasteiger partial charge in [-0.2, -0.15) is 0 Å². The minimum absolute atomic E-state index is 0.677. The molecule has 4 atom stereocenters. The molecular formula is C16H24N2. The Kier molecular flexibility index (Phi) is 3.67. The van der Waals surface area contributed by atoms with Gasteiger partial charge in [0.2, 0.25) is 0 Å². The Labute approximate surface area is 110 Å². The van der Waals surface area contributed by atoms with Crippen molar-refractivity contribution in [3.8, 4) is 0 Å². The van der Waals surface area contributed by atoms with Crippen LogP contribution in [-0.4, -0.2) is 25.2 Å². The van der Waals surface area contributed by atoms with Gasteiger partial charge < -0.3 is 10.6 Å². The molecule has 1 aromatic carbocycles. The van der Waals surface area contributed by atoms with Gasteiger partial charge in [-0.3, -0.25) is 0 Å². The molecule has 98 valence electrons.